The molecular formula is C9H9F3N2O4. The first-order chi connectivity index (χ1) is 8.20. The molecule has 0 bridgehead atoms. The highest BCUT2D eigenvalue weighted by Crippen LogP contribution is 2.20. The normalized spacial score (nSPS) is 11.1. The van der Waals surface area contributed by atoms with E-state index in [4.69, 9.17) is 5.11 Å². The SMILES string of the molecule is Cc1[nH]cc(NC(=O)OCC(F)(F)F)c1C(=O)O. The summed E-state index contributed by atoms with van der Waals surface area (Å²) in [4.78, 5) is 24.3. The second kappa shape index (κ2) is 4.98. The highest BCUT2D eigenvalue weighted by atomic mass is 19.4. The minimum atomic E-state index is -4.64. The van der Waals surface area contributed by atoms with Crippen LogP contribution in [0.2, 0.25) is 0 Å². The number of alkyl halides is 3. The molecule has 0 atom stereocenters. The van der Waals surface area contributed by atoms with E-state index in [0.717, 1.165) is 6.20 Å². The lowest BCUT2D eigenvalue weighted by atomic mass is 10.2. The smallest absolute Gasteiger partial charge is 0.422 e. The number of aromatic carboxylic acids is 1. The molecule has 0 spiro atoms. The van der Waals surface area contributed by atoms with Gasteiger partial charge in [0.15, 0.2) is 6.61 Å². The fourth-order valence-electron chi connectivity index (χ4n) is 1.19. The van der Waals surface area contributed by atoms with Gasteiger partial charge in [-0.1, -0.05) is 0 Å². The number of hydrogen-bond acceptors (Lipinski definition) is 3. The number of carboxylic acid groups (broad SMARTS) is 1. The van der Waals surface area contributed by atoms with E-state index in [1.54, 1.807) is 0 Å². The number of aromatic amines is 1. The summed E-state index contributed by atoms with van der Waals surface area (Å²) in [7, 11) is 0. The molecule has 1 rings (SSSR count). The van der Waals surface area contributed by atoms with Crippen molar-refractivity contribution >= 4 is 17.7 Å². The van der Waals surface area contributed by atoms with E-state index in [1.165, 1.54) is 6.92 Å². The second-order valence-electron chi connectivity index (χ2n) is 3.32. The zero-order chi connectivity index (χ0) is 13.9. The van der Waals surface area contributed by atoms with Crippen LogP contribution in [0.15, 0.2) is 6.20 Å². The van der Waals surface area contributed by atoms with Crippen LogP contribution in [0, 0.1) is 6.92 Å². The fraction of sp³-hybridized carbons (Fsp3) is 0.333. The van der Waals surface area contributed by atoms with Gasteiger partial charge in [0, 0.05) is 11.9 Å². The van der Waals surface area contributed by atoms with Crippen molar-refractivity contribution in [1.29, 1.82) is 0 Å². The highest BCUT2D eigenvalue weighted by molar-refractivity contribution is 5.99. The molecule has 3 N–H and O–H groups in total. The molecule has 6 nitrogen and oxygen atoms in total. The van der Waals surface area contributed by atoms with Crippen LogP contribution in [0.3, 0.4) is 0 Å². The molecule has 0 fully saturated rings. The van der Waals surface area contributed by atoms with Crippen LogP contribution >= 0.6 is 0 Å². The molecule has 0 saturated heterocycles. The summed E-state index contributed by atoms with van der Waals surface area (Å²) in [6.45, 7) is -0.305. The van der Waals surface area contributed by atoms with Gasteiger partial charge in [-0.05, 0) is 6.92 Å². The van der Waals surface area contributed by atoms with Crippen molar-refractivity contribution in [3.63, 3.8) is 0 Å². The molecule has 0 aliphatic heterocycles. The summed E-state index contributed by atoms with van der Waals surface area (Å²) in [5.74, 6) is -1.32. The summed E-state index contributed by atoms with van der Waals surface area (Å²) in [5, 5.41) is 10.7. The van der Waals surface area contributed by atoms with Crippen LogP contribution < -0.4 is 5.32 Å². The van der Waals surface area contributed by atoms with Gasteiger partial charge in [0.2, 0.25) is 0 Å². The first kappa shape index (κ1) is 13.9. The number of aromatic nitrogens is 1. The van der Waals surface area contributed by atoms with Crippen LogP contribution in [-0.4, -0.2) is 34.9 Å². The Hall–Kier alpha value is -2.19. The Labute approximate surface area is 98.7 Å². The summed E-state index contributed by atoms with van der Waals surface area (Å²) >= 11 is 0. The van der Waals surface area contributed by atoms with Crippen molar-refractivity contribution in [1.82, 2.24) is 4.98 Å². The second-order valence-corrected chi connectivity index (χ2v) is 3.32. The van der Waals surface area contributed by atoms with Gasteiger partial charge in [-0.3, -0.25) is 5.32 Å². The lowest BCUT2D eigenvalue weighted by Crippen LogP contribution is -2.23. The van der Waals surface area contributed by atoms with E-state index in [9.17, 15) is 22.8 Å². The van der Waals surface area contributed by atoms with Crippen molar-refractivity contribution in [2.24, 2.45) is 0 Å². The molecule has 1 aromatic heterocycles. The standard InChI is InChI=1S/C9H9F3N2O4/c1-4-6(7(15)16)5(2-13-4)14-8(17)18-3-9(10,11)12/h2,13H,3H2,1H3,(H,14,17)(H,15,16). The summed E-state index contributed by atoms with van der Waals surface area (Å²) in [5.41, 5.74) is -0.139. The van der Waals surface area contributed by atoms with Gasteiger partial charge in [-0.25, -0.2) is 9.59 Å². The number of ether oxygens (including phenoxy) is 1. The maximum Gasteiger partial charge on any atom is 0.422 e. The van der Waals surface area contributed by atoms with Crippen LogP contribution in [0.1, 0.15) is 16.1 Å². The molecule has 0 radical (unpaired) electrons. The average Bonchev–Trinajstić information content (AvgIpc) is 2.55. The predicted molar refractivity (Wildman–Crippen MR) is 53.5 cm³/mol. The summed E-state index contributed by atoms with van der Waals surface area (Å²) in [6.07, 6.45) is -4.87. The Balaban J connectivity index is 2.68. The van der Waals surface area contributed by atoms with E-state index in [1.807, 2.05) is 5.32 Å². The maximum atomic E-state index is 11.8. The van der Waals surface area contributed by atoms with E-state index in [2.05, 4.69) is 9.72 Å². The Morgan fingerprint density at radius 1 is 1.50 bits per heavy atom. The van der Waals surface area contributed by atoms with Crippen molar-refractivity contribution in [2.45, 2.75) is 13.1 Å². The average molecular weight is 266 g/mol. The maximum absolute atomic E-state index is 11.8. The Morgan fingerprint density at radius 3 is 2.61 bits per heavy atom. The van der Waals surface area contributed by atoms with Gasteiger partial charge < -0.3 is 14.8 Å². The van der Waals surface area contributed by atoms with Gasteiger partial charge in [0.05, 0.1) is 5.69 Å². The number of anilines is 1. The fourth-order valence-corrected chi connectivity index (χ4v) is 1.19. The zero-order valence-corrected chi connectivity index (χ0v) is 9.09. The number of rotatable bonds is 3. The lowest BCUT2D eigenvalue weighted by Gasteiger charge is -2.08. The monoisotopic (exact) mass is 266 g/mol. The first-order valence-electron chi connectivity index (χ1n) is 4.62. The number of H-pyrrole nitrogens is 1. The number of hydrogen-bond donors (Lipinski definition) is 3. The van der Waals surface area contributed by atoms with Gasteiger partial charge in [-0.15, -0.1) is 0 Å². The molecule has 0 saturated carbocycles. The number of carbonyl (C=O) groups excluding carboxylic acids is 1. The molecule has 0 aromatic carbocycles. The molecule has 1 amide bonds. The Kier molecular flexibility index (Phi) is 3.84. The van der Waals surface area contributed by atoms with E-state index in [-0.39, 0.29) is 16.9 Å². The number of amides is 1. The first-order valence-corrected chi connectivity index (χ1v) is 4.62. The van der Waals surface area contributed by atoms with Crippen LogP contribution in [0.5, 0.6) is 0 Å². The number of nitrogens with one attached hydrogen (secondary N) is 2. The molecule has 0 unspecified atom stereocenters. The van der Waals surface area contributed by atoms with Crippen LogP contribution in [0.25, 0.3) is 0 Å². The molecule has 100 valence electrons. The minimum absolute atomic E-state index is 0.160. The quantitative estimate of drug-likeness (QED) is 0.781. The third-order valence-electron chi connectivity index (χ3n) is 1.89. The van der Waals surface area contributed by atoms with Gasteiger partial charge in [0.1, 0.15) is 5.56 Å². The lowest BCUT2D eigenvalue weighted by molar-refractivity contribution is -0.159. The van der Waals surface area contributed by atoms with E-state index >= 15 is 0 Å². The third kappa shape index (κ3) is 3.68. The number of carbonyl (C=O) groups is 2. The molecule has 1 heterocycles. The molecule has 9 heteroatoms. The van der Waals surface area contributed by atoms with Crippen molar-refractivity contribution in [3.05, 3.63) is 17.5 Å². The molecule has 1 aromatic rings. The van der Waals surface area contributed by atoms with Gasteiger partial charge in [0.25, 0.3) is 0 Å². The minimum Gasteiger partial charge on any atom is -0.478 e. The zero-order valence-electron chi connectivity index (χ0n) is 9.09. The Bertz CT molecular complexity index is 467. The van der Waals surface area contributed by atoms with E-state index in [0.29, 0.717) is 0 Å². The Morgan fingerprint density at radius 2 is 2.11 bits per heavy atom. The van der Waals surface area contributed by atoms with Gasteiger partial charge in [-0.2, -0.15) is 13.2 Å². The summed E-state index contributed by atoms with van der Waals surface area (Å²) < 4.78 is 39.2. The van der Waals surface area contributed by atoms with Crippen molar-refractivity contribution in [3.8, 4) is 0 Å². The molecule has 18 heavy (non-hydrogen) atoms. The van der Waals surface area contributed by atoms with Gasteiger partial charge >= 0.3 is 18.2 Å². The molecular weight excluding hydrogens is 257 g/mol. The van der Waals surface area contributed by atoms with Crippen LogP contribution in [-0.2, 0) is 4.74 Å². The number of carboxylic acids is 1. The number of aryl methyl sites for hydroxylation is 1. The highest BCUT2D eigenvalue weighted by Gasteiger charge is 2.30. The topological polar surface area (TPSA) is 91.4 Å². The third-order valence-corrected chi connectivity index (χ3v) is 1.89. The van der Waals surface area contributed by atoms with Crippen molar-refractivity contribution < 1.29 is 32.6 Å². The molecule has 0 aliphatic carbocycles. The van der Waals surface area contributed by atoms with Crippen molar-refractivity contribution in [2.75, 3.05) is 11.9 Å². The largest absolute Gasteiger partial charge is 0.478 e. The molecule has 0 aliphatic rings. The van der Waals surface area contributed by atoms with E-state index < -0.39 is 24.8 Å². The summed E-state index contributed by atoms with van der Waals surface area (Å²) in [6, 6.07) is 0. The predicted octanol–water partition coefficient (Wildman–Crippen LogP) is 2.13. The number of halogens is 3. The van der Waals surface area contributed by atoms with Crippen LogP contribution in [0.4, 0.5) is 23.7 Å².